The van der Waals surface area contributed by atoms with Crippen molar-refractivity contribution in [3.8, 4) is 0 Å². The monoisotopic (exact) mass is 362 g/mol. The highest BCUT2D eigenvalue weighted by atomic mass is 127. The average Bonchev–Trinajstić information content (AvgIpc) is 2.31. The molecule has 2 rings (SSSR count). The Morgan fingerprint density at radius 1 is 1.47 bits per heavy atom. The van der Waals surface area contributed by atoms with Gasteiger partial charge in [-0.1, -0.05) is 6.07 Å². The third kappa shape index (κ3) is 3.53. The van der Waals surface area contributed by atoms with E-state index in [0.717, 1.165) is 4.90 Å². The summed E-state index contributed by atoms with van der Waals surface area (Å²) < 4.78 is 13.5. The van der Waals surface area contributed by atoms with Crippen molar-refractivity contribution >= 4 is 34.4 Å². The fourth-order valence-electron chi connectivity index (χ4n) is 1.20. The summed E-state index contributed by atoms with van der Waals surface area (Å²) in [6.45, 7) is 0. The van der Waals surface area contributed by atoms with Gasteiger partial charge in [-0.15, -0.1) is 11.8 Å². The Bertz CT molecular complexity index is 588. The third-order valence-corrected chi connectivity index (χ3v) is 3.75. The van der Waals surface area contributed by atoms with Gasteiger partial charge in [0.25, 0.3) is 5.56 Å². The molecule has 88 valence electrons. The molecule has 6 heteroatoms. The van der Waals surface area contributed by atoms with Crippen LogP contribution >= 0.6 is 34.4 Å². The maximum atomic E-state index is 12.9. The fourth-order valence-corrected chi connectivity index (χ4v) is 2.29. The fraction of sp³-hybridized carbons (Fsp3) is 0.0909. The zero-order valence-corrected chi connectivity index (χ0v) is 11.6. The van der Waals surface area contributed by atoms with Crippen molar-refractivity contribution in [2.45, 2.75) is 10.6 Å². The summed E-state index contributed by atoms with van der Waals surface area (Å²) in [7, 11) is 0. The Balaban J connectivity index is 2.07. The Kier molecular flexibility index (Phi) is 4.16. The smallest absolute Gasteiger partial charge is 0.264 e. The molecule has 0 saturated heterocycles. The molecule has 1 aromatic carbocycles. The lowest BCUT2D eigenvalue weighted by Crippen LogP contribution is -2.12. The molecule has 1 aromatic heterocycles. The number of H-pyrrole nitrogens is 1. The van der Waals surface area contributed by atoms with Crippen molar-refractivity contribution in [1.29, 1.82) is 0 Å². The average molecular weight is 362 g/mol. The van der Waals surface area contributed by atoms with Crippen LogP contribution in [0.4, 0.5) is 4.39 Å². The van der Waals surface area contributed by atoms with Crippen molar-refractivity contribution in [2.75, 3.05) is 0 Å². The summed E-state index contributed by atoms with van der Waals surface area (Å²) in [6, 6.07) is 6.32. The number of aromatic nitrogens is 2. The molecule has 0 aliphatic heterocycles. The summed E-state index contributed by atoms with van der Waals surface area (Å²) >= 11 is 3.35. The van der Waals surface area contributed by atoms with Crippen LogP contribution in [-0.2, 0) is 5.75 Å². The maximum Gasteiger partial charge on any atom is 0.264 e. The predicted octanol–water partition coefficient (Wildman–Crippen LogP) is 2.81. The standard InChI is InChI=1S/C11H8FIN2OS/c12-7-2-1-3-8(4-7)17-6-10-14-5-9(13)11(16)15-10/h1-5H,6H2,(H,14,15,16). The van der Waals surface area contributed by atoms with Gasteiger partial charge in [0.2, 0.25) is 0 Å². The molecule has 2 aromatic rings. The highest BCUT2D eigenvalue weighted by molar-refractivity contribution is 14.1. The lowest BCUT2D eigenvalue weighted by Gasteiger charge is -2.01. The molecule has 1 heterocycles. The number of nitrogens with zero attached hydrogens (tertiary/aromatic N) is 1. The highest BCUT2D eigenvalue weighted by Crippen LogP contribution is 2.21. The van der Waals surface area contributed by atoms with Gasteiger partial charge >= 0.3 is 0 Å². The molecule has 0 atom stereocenters. The van der Waals surface area contributed by atoms with Crippen LogP contribution < -0.4 is 5.56 Å². The van der Waals surface area contributed by atoms with Gasteiger partial charge in [-0.05, 0) is 40.8 Å². The minimum absolute atomic E-state index is 0.143. The van der Waals surface area contributed by atoms with Crippen molar-refractivity contribution < 1.29 is 4.39 Å². The van der Waals surface area contributed by atoms with Crippen LogP contribution in [0.3, 0.4) is 0 Å². The SMILES string of the molecule is O=c1[nH]c(CSc2cccc(F)c2)ncc1I. The first-order valence-corrected chi connectivity index (χ1v) is 6.83. The molecule has 1 N–H and O–H groups in total. The Hall–Kier alpha value is -0.890. The third-order valence-electron chi connectivity index (χ3n) is 1.98. The molecule has 0 aliphatic carbocycles. The number of benzene rings is 1. The van der Waals surface area contributed by atoms with E-state index in [1.807, 2.05) is 28.7 Å². The second-order valence-corrected chi connectivity index (χ2v) is 5.46. The van der Waals surface area contributed by atoms with Crippen molar-refractivity contribution in [2.24, 2.45) is 0 Å². The van der Waals surface area contributed by atoms with E-state index in [-0.39, 0.29) is 11.4 Å². The lowest BCUT2D eigenvalue weighted by molar-refractivity contribution is 0.624. The zero-order chi connectivity index (χ0) is 12.3. The van der Waals surface area contributed by atoms with E-state index in [1.165, 1.54) is 30.1 Å². The number of halogens is 2. The van der Waals surface area contributed by atoms with E-state index in [0.29, 0.717) is 15.1 Å². The van der Waals surface area contributed by atoms with Gasteiger partial charge in [0.15, 0.2) is 0 Å². The van der Waals surface area contributed by atoms with Crippen molar-refractivity contribution in [1.82, 2.24) is 9.97 Å². The van der Waals surface area contributed by atoms with Gasteiger partial charge in [-0.2, -0.15) is 0 Å². The topological polar surface area (TPSA) is 45.8 Å². The summed E-state index contributed by atoms with van der Waals surface area (Å²) in [5, 5.41) is 0. The molecule has 0 saturated carbocycles. The summed E-state index contributed by atoms with van der Waals surface area (Å²) in [6.07, 6.45) is 1.53. The minimum atomic E-state index is -0.265. The summed E-state index contributed by atoms with van der Waals surface area (Å²) in [4.78, 5) is 18.9. The second kappa shape index (κ2) is 5.63. The molecule has 0 fully saturated rings. The van der Waals surface area contributed by atoms with Gasteiger partial charge in [-0.25, -0.2) is 9.37 Å². The highest BCUT2D eigenvalue weighted by Gasteiger charge is 2.01. The number of hydrogen-bond acceptors (Lipinski definition) is 3. The number of thioether (sulfide) groups is 1. The molecular formula is C11H8FIN2OS. The maximum absolute atomic E-state index is 12.9. The Labute approximate surface area is 115 Å². The number of rotatable bonds is 3. The van der Waals surface area contributed by atoms with Crippen LogP contribution in [-0.4, -0.2) is 9.97 Å². The number of nitrogens with one attached hydrogen (secondary N) is 1. The van der Waals surface area contributed by atoms with Gasteiger partial charge in [-0.3, -0.25) is 4.79 Å². The largest absolute Gasteiger partial charge is 0.309 e. The van der Waals surface area contributed by atoms with Crippen LogP contribution in [0.25, 0.3) is 0 Å². The lowest BCUT2D eigenvalue weighted by atomic mass is 10.4. The van der Waals surface area contributed by atoms with Gasteiger partial charge < -0.3 is 4.98 Å². The number of hydrogen-bond donors (Lipinski definition) is 1. The van der Waals surface area contributed by atoms with E-state index < -0.39 is 0 Å². The summed E-state index contributed by atoms with van der Waals surface area (Å²) in [5.41, 5.74) is -0.143. The Morgan fingerprint density at radius 3 is 3.00 bits per heavy atom. The molecule has 3 nitrogen and oxygen atoms in total. The molecule has 17 heavy (non-hydrogen) atoms. The molecule has 0 unspecified atom stereocenters. The second-order valence-electron chi connectivity index (χ2n) is 3.25. The molecule has 0 spiro atoms. The Morgan fingerprint density at radius 2 is 2.29 bits per heavy atom. The van der Waals surface area contributed by atoms with E-state index in [2.05, 4.69) is 9.97 Å². The van der Waals surface area contributed by atoms with Crippen LogP contribution in [0.2, 0.25) is 0 Å². The molecule has 0 bridgehead atoms. The molecular weight excluding hydrogens is 354 g/mol. The zero-order valence-electron chi connectivity index (χ0n) is 8.61. The van der Waals surface area contributed by atoms with E-state index in [9.17, 15) is 9.18 Å². The van der Waals surface area contributed by atoms with Crippen molar-refractivity contribution in [3.05, 3.63) is 56.0 Å². The first-order chi connectivity index (χ1) is 8.15. The van der Waals surface area contributed by atoms with E-state index in [4.69, 9.17) is 0 Å². The first-order valence-electron chi connectivity index (χ1n) is 4.77. The van der Waals surface area contributed by atoms with Gasteiger partial charge in [0, 0.05) is 11.1 Å². The van der Waals surface area contributed by atoms with Crippen LogP contribution in [0, 0.1) is 9.39 Å². The first kappa shape index (κ1) is 12.6. The van der Waals surface area contributed by atoms with Crippen LogP contribution in [0.1, 0.15) is 5.82 Å². The number of aromatic amines is 1. The molecule has 0 radical (unpaired) electrons. The van der Waals surface area contributed by atoms with Gasteiger partial charge in [0.1, 0.15) is 11.6 Å². The van der Waals surface area contributed by atoms with Crippen LogP contribution in [0.15, 0.2) is 40.2 Å². The van der Waals surface area contributed by atoms with Crippen molar-refractivity contribution in [3.63, 3.8) is 0 Å². The quantitative estimate of drug-likeness (QED) is 0.675. The van der Waals surface area contributed by atoms with E-state index >= 15 is 0 Å². The minimum Gasteiger partial charge on any atom is -0.309 e. The molecule has 0 amide bonds. The van der Waals surface area contributed by atoms with Crippen LogP contribution in [0.5, 0.6) is 0 Å². The van der Waals surface area contributed by atoms with Gasteiger partial charge in [0.05, 0.1) is 9.32 Å². The normalized spacial score (nSPS) is 10.5. The molecule has 0 aliphatic rings. The summed E-state index contributed by atoms with van der Waals surface area (Å²) in [5.74, 6) is 0.832. The van der Waals surface area contributed by atoms with E-state index in [1.54, 1.807) is 6.07 Å². The predicted molar refractivity (Wildman–Crippen MR) is 73.5 cm³/mol.